The van der Waals surface area contributed by atoms with Gasteiger partial charge in [-0.05, 0) is 39.7 Å². The molecule has 1 fully saturated rings. The molecule has 0 bridgehead atoms. The lowest BCUT2D eigenvalue weighted by molar-refractivity contribution is 0.551. The summed E-state index contributed by atoms with van der Waals surface area (Å²) in [6.07, 6.45) is 8.49. The molecule has 0 radical (unpaired) electrons. The molecule has 1 N–H and O–H groups in total. The van der Waals surface area contributed by atoms with Crippen LogP contribution in [0.1, 0.15) is 60.4 Å². The van der Waals surface area contributed by atoms with Crippen molar-refractivity contribution in [2.24, 2.45) is 0 Å². The van der Waals surface area contributed by atoms with Gasteiger partial charge in [0.2, 0.25) is 0 Å². The van der Waals surface area contributed by atoms with Crippen LogP contribution in [-0.2, 0) is 13.1 Å². The fourth-order valence-electron chi connectivity index (χ4n) is 3.56. The van der Waals surface area contributed by atoms with Crippen molar-refractivity contribution in [2.75, 3.05) is 18.0 Å². The summed E-state index contributed by atoms with van der Waals surface area (Å²) in [7, 11) is 0. The fraction of sp³-hybridized carbons (Fsp3) is 0.571. The third-order valence-electron chi connectivity index (χ3n) is 5.21. The van der Waals surface area contributed by atoms with Gasteiger partial charge in [-0.15, -0.1) is 0 Å². The van der Waals surface area contributed by atoms with Crippen LogP contribution in [0.2, 0.25) is 0 Å². The highest BCUT2D eigenvalue weighted by Gasteiger charge is 2.14. The van der Waals surface area contributed by atoms with Crippen molar-refractivity contribution in [3.8, 4) is 0 Å². The normalized spacial score (nSPS) is 15.6. The van der Waals surface area contributed by atoms with Crippen molar-refractivity contribution in [3.63, 3.8) is 0 Å². The predicted octanol–water partition coefficient (Wildman–Crippen LogP) is 3.86. The summed E-state index contributed by atoms with van der Waals surface area (Å²) in [5, 5.41) is 3.54. The molecule has 0 spiro atoms. The lowest BCUT2D eigenvalue weighted by atomic mass is 10.1. The second-order valence-electron chi connectivity index (χ2n) is 7.27. The third kappa shape index (κ3) is 4.79. The van der Waals surface area contributed by atoms with E-state index in [1.165, 1.54) is 37.7 Å². The van der Waals surface area contributed by atoms with Crippen LogP contribution in [0.3, 0.4) is 0 Å². The summed E-state index contributed by atoms with van der Waals surface area (Å²) in [4.78, 5) is 16.4. The van der Waals surface area contributed by atoms with Gasteiger partial charge in [-0.1, -0.05) is 25.3 Å². The summed E-state index contributed by atoms with van der Waals surface area (Å²) < 4.78 is 0. The third-order valence-corrected chi connectivity index (χ3v) is 5.21. The summed E-state index contributed by atoms with van der Waals surface area (Å²) in [6.45, 7) is 9.83. The Morgan fingerprint density at radius 1 is 0.885 bits per heavy atom. The van der Waals surface area contributed by atoms with Gasteiger partial charge in [0, 0.05) is 37.9 Å². The number of nitrogens with zero attached hydrogens (tertiary/aromatic N) is 4. The Labute approximate surface area is 157 Å². The number of hydrogen-bond acceptors (Lipinski definition) is 5. The van der Waals surface area contributed by atoms with Gasteiger partial charge >= 0.3 is 0 Å². The number of pyridine rings is 1. The molecule has 0 aliphatic carbocycles. The minimum Gasteiger partial charge on any atom is -0.356 e. The van der Waals surface area contributed by atoms with Crippen molar-refractivity contribution in [3.05, 3.63) is 46.7 Å². The van der Waals surface area contributed by atoms with Crippen LogP contribution >= 0.6 is 0 Å². The van der Waals surface area contributed by atoms with E-state index in [1.54, 1.807) is 0 Å². The number of hydrogen-bond donors (Lipinski definition) is 1. The molecule has 0 aromatic carbocycles. The molecule has 1 saturated heterocycles. The standard InChI is InChI=1S/C21H31N5/c1-16-17(2)25-20(18(3)24-16)15-22-14-19-10-9-11-23-21(19)26-12-7-5-4-6-8-13-26/h9-11,22H,4-8,12-15H2,1-3H3. The maximum atomic E-state index is 4.70. The summed E-state index contributed by atoms with van der Waals surface area (Å²) >= 11 is 0. The number of aromatic nitrogens is 3. The molecule has 1 aliphatic rings. The van der Waals surface area contributed by atoms with E-state index < -0.39 is 0 Å². The van der Waals surface area contributed by atoms with Crippen LogP contribution < -0.4 is 10.2 Å². The first-order valence-corrected chi connectivity index (χ1v) is 9.85. The average Bonchev–Trinajstić information content (AvgIpc) is 2.60. The molecular formula is C21H31N5. The van der Waals surface area contributed by atoms with E-state index >= 15 is 0 Å². The summed E-state index contributed by atoms with van der Waals surface area (Å²) in [5.74, 6) is 1.14. The molecule has 5 nitrogen and oxygen atoms in total. The van der Waals surface area contributed by atoms with E-state index in [1.807, 2.05) is 33.0 Å². The van der Waals surface area contributed by atoms with E-state index in [-0.39, 0.29) is 0 Å². The Balaban J connectivity index is 1.66. The van der Waals surface area contributed by atoms with E-state index in [2.05, 4.69) is 26.3 Å². The Kier molecular flexibility index (Phi) is 6.56. The smallest absolute Gasteiger partial charge is 0.133 e. The molecule has 0 amide bonds. The molecule has 0 saturated carbocycles. The number of anilines is 1. The van der Waals surface area contributed by atoms with Crippen LogP contribution in [0, 0.1) is 20.8 Å². The summed E-state index contributed by atoms with van der Waals surface area (Å²) in [5.41, 5.74) is 5.33. The van der Waals surface area contributed by atoms with Gasteiger partial charge in [0.05, 0.1) is 22.8 Å². The van der Waals surface area contributed by atoms with Gasteiger partial charge in [0.15, 0.2) is 0 Å². The van der Waals surface area contributed by atoms with Gasteiger partial charge < -0.3 is 10.2 Å². The Morgan fingerprint density at radius 2 is 1.58 bits per heavy atom. The van der Waals surface area contributed by atoms with Gasteiger partial charge in [-0.2, -0.15) is 0 Å². The van der Waals surface area contributed by atoms with Crippen LogP contribution in [0.25, 0.3) is 0 Å². The SMILES string of the molecule is Cc1nc(C)c(CNCc2cccnc2N2CCCCCCC2)nc1C. The molecule has 26 heavy (non-hydrogen) atoms. The van der Waals surface area contributed by atoms with Crippen molar-refractivity contribution in [2.45, 2.75) is 66.0 Å². The quantitative estimate of drug-likeness (QED) is 0.885. The van der Waals surface area contributed by atoms with Crippen molar-refractivity contribution in [1.82, 2.24) is 20.3 Å². The maximum Gasteiger partial charge on any atom is 0.133 e. The highest BCUT2D eigenvalue weighted by Crippen LogP contribution is 2.21. The fourth-order valence-corrected chi connectivity index (χ4v) is 3.56. The maximum absolute atomic E-state index is 4.70. The molecular weight excluding hydrogens is 322 g/mol. The van der Waals surface area contributed by atoms with Gasteiger partial charge in [-0.25, -0.2) is 4.98 Å². The van der Waals surface area contributed by atoms with Gasteiger partial charge in [0.25, 0.3) is 0 Å². The van der Waals surface area contributed by atoms with Gasteiger partial charge in [-0.3, -0.25) is 9.97 Å². The molecule has 2 aromatic rings. The number of rotatable bonds is 5. The lowest BCUT2D eigenvalue weighted by Crippen LogP contribution is -2.29. The molecule has 1 aliphatic heterocycles. The molecule has 5 heteroatoms. The van der Waals surface area contributed by atoms with Crippen molar-refractivity contribution >= 4 is 5.82 Å². The van der Waals surface area contributed by atoms with Crippen LogP contribution in [0.15, 0.2) is 18.3 Å². The largest absolute Gasteiger partial charge is 0.356 e. The Morgan fingerprint density at radius 3 is 2.35 bits per heavy atom. The summed E-state index contributed by atoms with van der Waals surface area (Å²) in [6, 6.07) is 4.22. The second kappa shape index (κ2) is 9.08. The lowest BCUT2D eigenvalue weighted by Gasteiger charge is -2.27. The highest BCUT2D eigenvalue weighted by molar-refractivity contribution is 5.46. The van der Waals surface area contributed by atoms with E-state index in [0.717, 1.165) is 54.8 Å². The number of nitrogens with one attached hydrogen (secondary N) is 1. The van der Waals surface area contributed by atoms with Crippen LogP contribution in [0.4, 0.5) is 5.82 Å². The zero-order valence-corrected chi connectivity index (χ0v) is 16.4. The highest BCUT2D eigenvalue weighted by atomic mass is 15.2. The molecule has 3 rings (SSSR count). The first-order chi connectivity index (χ1) is 12.6. The minimum absolute atomic E-state index is 0.730. The number of aryl methyl sites for hydroxylation is 3. The molecule has 0 atom stereocenters. The minimum atomic E-state index is 0.730. The zero-order chi connectivity index (χ0) is 18.4. The van der Waals surface area contributed by atoms with Crippen molar-refractivity contribution < 1.29 is 0 Å². The molecule has 140 valence electrons. The van der Waals surface area contributed by atoms with Crippen LogP contribution in [0.5, 0.6) is 0 Å². The van der Waals surface area contributed by atoms with Crippen LogP contribution in [-0.4, -0.2) is 28.0 Å². The Hall–Kier alpha value is -2.01. The van der Waals surface area contributed by atoms with E-state index in [9.17, 15) is 0 Å². The molecule has 2 aromatic heterocycles. The zero-order valence-electron chi connectivity index (χ0n) is 16.4. The first-order valence-electron chi connectivity index (χ1n) is 9.85. The molecule has 0 unspecified atom stereocenters. The van der Waals surface area contributed by atoms with E-state index in [0.29, 0.717) is 0 Å². The van der Waals surface area contributed by atoms with Crippen molar-refractivity contribution in [1.29, 1.82) is 0 Å². The second-order valence-corrected chi connectivity index (χ2v) is 7.27. The van der Waals surface area contributed by atoms with E-state index in [4.69, 9.17) is 4.98 Å². The predicted molar refractivity (Wildman–Crippen MR) is 106 cm³/mol. The average molecular weight is 354 g/mol. The topological polar surface area (TPSA) is 53.9 Å². The Bertz CT molecular complexity index is 720. The monoisotopic (exact) mass is 353 g/mol. The molecule has 3 heterocycles. The first kappa shape index (κ1) is 18.8. The van der Waals surface area contributed by atoms with Gasteiger partial charge in [0.1, 0.15) is 5.82 Å².